The van der Waals surface area contributed by atoms with Crippen LogP contribution < -0.4 is 5.56 Å². The minimum Gasteiger partial charge on any atom is -0.383 e. The summed E-state index contributed by atoms with van der Waals surface area (Å²) in [5, 5.41) is 10.7. The lowest BCUT2D eigenvalue weighted by Crippen LogP contribution is -2.11. The molecule has 148 valence electrons. The second-order valence-corrected chi connectivity index (χ2v) is 7.65. The quantitative estimate of drug-likeness (QED) is 0.452. The monoisotopic (exact) mass is 427 g/mol. The number of hydrogen-bond donors (Lipinski definition) is 1. The van der Waals surface area contributed by atoms with E-state index in [9.17, 15) is 4.79 Å². The Hall–Kier alpha value is -2.68. The number of hydrogen-bond acceptors (Lipinski definition) is 6. The van der Waals surface area contributed by atoms with Gasteiger partial charge in [-0.1, -0.05) is 35.5 Å². The van der Waals surface area contributed by atoms with Crippen LogP contribution in [-0.4, -0.2) is 38.4 Å². The molecule has 9 heteroatoms. The number of fused-ring (bicyclic) bond motifs is 1. The smallest absolute Gasteiger partial charge is 0.258 e. The van der Waals surface area contributed by atoms with Crippen molar-refractivity contribution >= 4 is 34.3 Å². The third-order valence-corrected chi connectivity index (χ3v) is 5.57. The van der Waals surface area contributed by atoms with Gasteiger partial charge in [-0.25, -0.2) is 4.98 Å². The Labute approximate surface area is 176 Å². The van der Waals surface area contributed by atoms with Gasteiger partial charge in [0.15, 0.2) is 11.0 Å². The number of nitrogens with zero attached hydrogens (tertiary/aromatic N) is 4. The lowest BCUT2D eigenvalue weighted by Gasteiger charge is -2.10. The van der Waals surface area contributed by atoms with Crippen LogP contribution in [0.4, 0.5) is 0 Å². The zero-order chi connectivity index (χ0) is 20.2. The van der Waals surface area contributed by atoms with Crippen LogP contribution in [0.15, 0.2) is 58.5 Å². The number of aromatic amines is 1. The molecule has 2 heterocycles. The van der Waals surface area contributed by atoms with E-state index in [-0.39, 0.29) is 5.56 Å². The largest absolute Gasteiger partial charge is 0.383 e. The number of ether oxygens (including phenoxy) is 1. The van der Waals surface area contributed by atoms with Crippen LogP contribution in [-0.2, 0) is 17.0 Å². The van der Waals surface area contributed by atoms with Crippen LogP contribution in [0.25, 0.3) is 22.3 Å². The van der Waals surface area contributed by atoms with Crippen LogP contribution in [0, 0.1) is 0 Å². The lowest BCUT2D eigenvalue weighted by atomic mass is 10.2. The molecule has 0 amide bonds. The highest BCUT2D eigenvalue weighted by molar-refractivity contribution is 7.98. The first-order valence-corrected chi connectivity index (χ1v) is 10.3. The maximum Gasteiger partial charge on any atom is 0.258 e. The molecule has 0 atom stereocenters. The first-order valence-electron chi connectivity index (χ1n) is 8.94. The number of halogens is 1. The second kappa shape index (κ2) is 8.77. The molecule has 0 aliphatic rings. The van der Waals surface area contributed by atoms with Crippen molar-refractivity contribution in [2.24, 2.45) is 0 Å². The van der Waals surface area contributed by atoms with E-state index in [4.69, 9.17) is 16.3 Å². The van der Waals surface area contributed by atoms with Crippen LogP contribution in [0.5, 0.6) is 0 Å². The number of benzene rings is 2. The fourth-order valence-corrected chi connectivity index (χ4v) is 3.89. The van der Waals surface area contributed by atoms with E-state index in [0.717, 1.165) is 16.5 Å². The highest BCUT2D eigenvalue weighted by atomic mass is 35.5. The molecule has 29 heavy (non-hydrogen) atoms. The molecule has 0 bridgehead atoms. The van der Waals surface area contributed by atoms with Gasteiger partial charge in [-0.2, -0.15) is 0 Å². The fraction of sp³-hybridized carbons (Fsp3) is 0.200. The van der Waals surface area contributed by atoms with Crippen molar-refractivity contribution in [2.75, 3.05) is 13.7 Å². The number of methoxy groups -OCH3 is 1. The zero-order valence-electron chi connectivity index (χ0n) is 15.6. The summed E-state index contributed by atoms with van der Waals surface area (Å²) in [4.78, 5) is 19.7. The van der Waals surface area contributed by atoms with Gasteiger partial charge in [0.2, 0.25) is 0 Å². The maximum atomic E-state index is 12.3. The average Bonchev–Trinajstić information content (AvgIpc) is 3.14. The molecule has 0 unspecified atom stereocenters. The molecule has 0 fully saturated rings. The summed E-state index contributed by atoms with van der Waals surface area (Å²) in [7, 11) is 1.66. The number of nitrogens with one attached hydrogen (secondary N) is 1. The van der Waals surface area contributed by atoms with Crippen molar-refractivity contribution in [1.82, 2.24) is 24.7 Å². The number of thioether (sulfide) groups is 1. The average molecular weight is 428 g/mol. The Kier molecular flexibility index (Phi) is 5.94. The number of para-hydroxylation sites is 1. The second-order valence-electron chi connectivity index (χ2n) is 6.28. The summed E-state index contributed by atoms with van der Waals surface area (Å²) in [6, 6.07) is 14.7. The molecular formula is C20H18ClN5O2S. The Morgan fingerprint density at radius 3 is 2.72 bits per heavy atom. The molecule has 4 aromatic rings. The molecule has 2 aromatic heterocycles. The first kappa shape index (κ1) is 19.6. The van der Waals surface area contributed by atoms with Crippen molar-refractivity contribution in [3.8, 4) is 11.4 Å². The summed E-state index contributed by atoms with van der Waals surface area (Å²) in [5.41, 5.74) is 1.45. The van der Waals surface area contributed by atoms with E-state index in [2.05, 4.69) is 20.2 Å². The van der Waals surface area contributed by atoms with Gasteiger partial charge in [-0.15, -0.1) is 10.2 Å². The molecule has 0 spiro atoms. The molecular weight excluding hydrogens is 410 g/mol. The van der Waals surface area contributed by atoms with E-state index in [1.807, 2.05) is 47.0 Å². The molecule has 0 aliphatic carbocycles. The third-order valence-electron chi connectivity index (χ3n) is 4.34. The normalized spacial score (nSPS) is 11.2. The molecule has 0 aliphatic heterocycles. The highest BCUT2D eigenvalue weighted by Gasteiger charge is 2.15. The van der Waals surface area contributed by atoms with E-state index in [0.29, 0.717) is 40.7 Å². The molecule has 7 nitrogen and oxygen atoms in total. The summed E-state index contributed by atoms with van der Waals surface area (Å²) in [6.45, 7) is 1.13. The van der Waals surface area contributed by atoms with Gasteiger partial charge in [0.1, 0.15) is 5.82 Å². The number of H-pyrrole nitrogens is 1. The molecule has 0 saturated carbocycles. The van der Waals surface area contributed by atoms with E-state index in [1.165, 1.54) is 11.8 Å². The van der Waals surface area contributed by atoms with E-state index >= 15 is 0 Å². The fourth-order valence-electron chi connectivity index (χ4n) is 2.93. The van der Waals surface area contributed by atoms with Gasteiger partial charge in [0, 0.05) is 17.7 Å². The minimum absolute atomic E-state index is 0.145. The summed E-state index contributed by atoms with van der Waals surface area (Å²) >= 11 is 7.46. The van der Waals surface area contributed by atoms with Crippen LogP contribution >= 0.6 is 23.4 Å². The zero-order valence-corrected chi connectivity index (χ0v) is 17.2. The van der Waals surface area contributed by atoms with Crippen LogP contribution in [0.1, 0.15) is 5.82 Å². The SMILES string of the molecule is COCCn1c(SCc2nc3ccccc3c(=O)[nH]2)nnc1-c1ccc(Cl)cc1. The van der Waals surface area contributed by atoms with E-state index in [1.54, 1.807) is 13.2 Å². The van der Waals surface area contributed by atoms with Crippen LogP contribution in [0.2, 0.25) is 5.02 Å². The number of aromatic nitrogens is 5. The van der Waals surface area contributed by atoms with Gasteiger partial charge in [0.25, 0.3) is 5.56 Å². The van der Waals surface area contributed by atoms with Gasteiger partial charge in [0.05, 0.1) is 29.8 Å². The topological polar surface area (TPSA) is 85.7 Å². The van der Waals surface area contributed by atoms with Crippen LogP contribution in [0.3, 0.4) is 0 Å². The molecule has 4 rings (SSSR count). The van der Waals surface area contributed by atoms with Crippen molar-refractivity contribution < 1.29 is 4.74 Å². The summed E-state index contributed by atoms with van der Waals surface area (Å²) in [5.74, 6) is 1.79. The molecule has 0 saturated heterocycles. The lowest BCUT2D eigenvalue weighted by molar-refractivity contribution is 0.185. The van der Waals surface area contributed by atoms with Crippen molar-refractivity contribution in [3.05, 3.63) is 69.7 Å². The summed E-state index contributed by atoms with van der Waals surface area (Å²) < 4.78 is 7.24. The van der Waals surface area contributed by atoms with E-state index < -0.39 is 0 Å². The van der Waals surface area contributed by atoms with Gasteiger partial charge >= 0.3 is 0 Å². The number of rotatable bonds is 7. The van der Waals surface area contributed by atoms with Gasteiger partial charge in [-0.05, 0) is 36.4 Å². The predicted molar refractivity (Wildman–Crippen MR) is 114 cm³/mol. The molecule has 2 aromatic carbocycles. The minimum atomic E-state index is -0.145. The first-order chi connectivity index (χ1) is 14.2. The Bertz CT molecular complexity index is 1190. The summed E-state index contributed by atoms with van der Waals surface area (Å²) in [6.07, 6.45) is 0. The molecule has 0 radical (unpaired) electrons. The Balaban J connectivity index is 1.61. The van der Waals surface area contributed by atoms with Crippen molar-refractivity contribution in [2.45, 2.75) is 17.5 Å². The maximum absolute atomic E-state index is 12.3. The predicted octanol–water partition coefficient (Wildman–Crippen LogP) is 3.77. The van der Waals surface area contributed by atoms with Crippen molar-refractivity contribution in [3.63, 3.8) is 0 Å². The van der Waals surface area contributed by atoms with Gasteiger partial charge in [-0.3, -0.25) is 9.36 Å². The third kappa shape index (κ3) is 4.34. The van der Waals surface area contributed by atoms with Gasteiger partial charge < -0.3 is 9.72 Å². The molecule has 1 N–H and O–H groups in total. The Morgan fingerprint density at radius 2 is 1.93 bits per heavy atom. The highest BCUT2D eigenvalue weighted by Crippen LogP contribution is 2.26. The Morgan fingerprint density at radius 1 is 1.14 bits per heavy atom. The standard InChI is InChI=1S/C20H18ClN5O2S/c1-28-11-10-26-18(13-6-8-14(21)9-7-13)24-25-20(26)29-12-17-22-16-5-3-2-4-15(16)19(27)23-17/h2-9H,10-12H2,1H3,(H,22,23,27). The van der Waals surface area contributed by atoms with Crippen molar-refractivity contribution in [1.29, 1.82) is 0 Å².